The predicted octanol–water partition coefficient (Wildman–Crippen LogP) is 2.07. The maximum atomic E-state index is 12.6. The Labute approximate surface area is 101 Å². The molecule has 4 heteroatoms. The van der Waals surface area contributed by atoms with Crippen molar-refractivity contribution in [2.24, 2.45) is 0 Å². The maximum absolute atomic E-state index is 12.6. The molecule has 0 unspecified atom stereocenters. The molecule has 0 aliphatic rings. The Hall–Kier alpha value is -0.580. The Balaban J connectivity index is 2.05. The van der Waals surface area contributed by atoms with Crippen LogP contribution in [0.25, 0.3) is 0 Å². The van der Waals surface area contributed by atoms with Gasteiger partial charge in [-0.1, -0.05) is 0 Å². The third-order valence-corrected chi connectivity index (χ3v) is 3.11. The van der Waals surface area contributed by atoms with E-state index in [9.17, 15) is 4.39 Å². The minimum absolute atomic E-state index is 0.173. The fraction of sp³-hybridized carbons (Fsp3) is 0.500. The van der Waals surface area contributed by atoms with Gasteiger partial charge in [-0.15, -0.1) is 11.8 Å². The summed E-state index contributed by atoms with van der Waals surface area (Å²) in [7, 11) is 4.13. The van der Waals surface area contributed by atoms with E-state index in [1.54, 1.807) is 11.8 Å². The van der Waals surface area contributed by atoms with Crippen molar-refractivity contribution in [2.75, 3.05) is 39.5 Å². The molecule has 0 saturated carbocycles. The summed E-state index contributed by atoms with van der Waals surface area (Å²) < 4.78 is 12.6. The van der Waals surface area contributed by atoms with Gasteiger partial charge < -0.3 is 10.2 Å². The highest BCUT2D eigenvalue weighted by atomic mass is 32.2. The fourth-order valence-corrected chi connectivity index (χ4v) is 2.01. The Morgan fingerprint density at radius 1 is 1.19 bits per heavy atom. The van der Waals surface area contributed by atoms with Gasteiger partial charge in [0.1, 0.15) is 5.82 Å². The van der Waals surface area contributed by atoms with Crippen LogP contribution in [0.2, 0.25) is 0 Å². The molecule has 0 heterocycles. The predicted molar refractivity (Wildman–Crippen MR) is 68.5 cm³/mol. The van der Waals surface area contributed by atoms with Gasteiger partial charge in [-0.05, 0) is 38.4 Å². The molecule has 0 aliphatic heterocycles. The van der Waals surface area contributed by atoms with E-state index in [4.69, 9.17) is 0 Å². The molecule has 2 nitrogen and oxygen atoms in total. The summed E-state index contributed by atoms with van der Waals surface area (Å²) in [5.74, 6) is 0.840. The number of halogens is 1. The lowest BCUT2D eigenvalue weighted by Gasteiger charge is -2.09. The van der Waals surface area contributed by atoms with Gasteiger partial charge >= 0.3 is 0 Å². The first kappa shape index (κ1) is 13.5. The first-order chi connectivity index (χ1) is 7.68. The van der Waals surface area contributed by atoms with Crippen LogP contribution >= 0.6 is 11.8 Å². The van der Waals surface area contributed by atoms with Crippen molar-refractivity contribution in [2.45, 2.75) is 4.90 Å². The van der Waals surface area contributed by atoms with Crippen LogP contribution in [-0.2, 0) is 0 Å². The molecule has 1 rings (SSSR count). The topological polar surface area (TPSA) is 15.3 Å². The molecule has 0 aromatic heterocycles. The molecule has 0 atom stereocenters. The standard InChI is InChI=1S/C12H19FN2S/c1-15(2)9-7-14-8-10-16-12-5-3-11(13)4-6-12/h3-6,14H,7-10H2,1-2H3. The largest absolute Gasteiger partial charge is 0.315 e. The van der Waals surface area contributed by atoms with Gasteiger partial charge in [0.2, 0.25) is 0 Å². The van der Waals surface area contributed by atoms with E-state index < -0.39 is 0 Å². The van der Waals surface area contributed by atoms with Crippen LogP contribution in [0.15, 0.2) is 29.2 Å². The second-order valence-electron chi connectivity index (χ2n) is 3.86. The molecule has 16 heavy (non-hydrogen) atoms. The zero-order valence-electron chi connectivity index (χ0n) is 9.87. The molecule has 0 radical (unpaired) electrons. The average molecular weight is 242 g/mol. The highest BCUT2D eigenvalue weighted by Crippen LogP contribution is 2.16. The van der Waals surface area contributed by atoms with E-state index in [0.717, 1.165) is 30.3 Å². The van der Waals surface area contributed by atoms with E-state index >= 15 is 0 Å². The molecule has 1 aromatic rings. The van der Waals surface area contributed by atoms with E-state index in [0.29, 0.717) is 0 Å². The SMILES string of the molecule is CN(C)CCNCCSc1ccc(F)cc1. The minimum Gasteiger partial charge on any atom is -0.315 e. The number of likely N-dealkylation sites (N-methyl/N-ethyl adjacent to an activating group) is 1. The van der Waals surface area contributed by atoms with Gasteiger partial charge in [-0.3, -0.25) is 0 Å². The van der Waals surface area contributed by atoms with Gasteiger partial charge in [0.05, 0.1) is 0 Å². The van der Waals surface area contributed by atoms with Gasteiger partial charge in [-0.2, -0.15) is 0 Å². The molecular formula is C12H19FN2S. The molecule has 0 spiro atoms. The number of rotatable bonds is 7. The number of hydrogen-bond acceptors (Lipinski definition) is 3. The molecule has 1 aromatic carbocycles. The smallest absolute Gasteiger partial charge is 0.123 e. The van der Waals surface area contributed by atoms with Crippen LogP contribution in [0.5, 0.6) is 0 Å². The highest BCUT2D eigenvalue weighted by Gasteiger charge is 1.95. The number of hydrogen-bond donors (Lipinski definition) is 1. The van der Waals surface area contributed by atoms with Crippen LogP contribution in [0.4, 0.5) is 4.39 Å². The van der Waals surface area contributed by atoms with Crippen LogP contribution < -0.4 is 5.32 Å². The average Bonchev–Trinajstić information content (AvgIpc) is 2.25. The lowest BCUT2D eigenvalue weighted by atomic mass is 10.4. The molecular weight excluding hydrogens is 223 g/mol. The normalized spacial score (nSPS) is 11.0. The number of thioether (sulfide) groups is 1. The van der Waals surface area contributed by atoms with Gasteiger partial charge in [0, 0.05) is 30.3 Å². The maximum Gasteiger partial charge on any atom is 0.123 e. The van der Waals surface area contributed by atoms with E-state index in [1.807, 2.05) is 12.1 Å². The van der Waals surface area contributed by atoms with Crippen LogP contribution in [-0.4, -0.2) is 44.4 Å². The van der Waals surface area contributed by atoms with Gasteiger partial charge in [0.25, 0.3) is 0 Å². The molecule has 1 N–H and O–H groups in total. The van der Waals surface area contributed by atoms with Gasteiger partial charge in [-0.25, -0.2) is 4.39 Å². The Kier molecular flexibility index (Phi) is 6.45. The van der Waals surface area contributed by atoms with E-state index in [2.05, 4.69) is 24.3 Å². The summed E-state index contributed by atoms with van der Waals surface area (Å²) in [6, 6.07) is 6.64. The van der Waals surface area contributed by atoms with Crippen molar-refractivity contribution in [3.8, 4) is 0 Å². The summed E-state index contributed by atoms with van der Waals surface area (Å²) in [5.41, 5.74) is 0. The number of nitrogens with one attached hydrogen (secondary N) is 1. The van der Waals surface area contributed by atoms with Crippen LogP contribution in [0, 0.1) is 5.82 Å². The molecule has 90 valence electrons. The molecule has 0 saturated heterocycles. The van der Waals surface area contributed by atoms with Gasteiger partial charge in [0.15, 0.2) is 0 Å². The Morgan fingerprint density at radius 3 is 2.50 bits per heavy atom. The first-order valence-electron chi connectivity index (χ1n) is 5.42. The highest BCUT2D eigenvalue weighted by molar-refractivity contribution is 7.99. The summed E-state index contributed by atoms with van der Waals surface area (Å²) in [6.07, 6.45) is 0. The molecule has 0 amide bonds. The van der Waals surface area contributed by atoms with Crippen molar-refractivity contribution in [1.29, 1.82) is 0 Å². The van der Waals surface area contributed by atoms with Crippen molar-refractivity contribution < 1.29 is 4.39 Å². The monoisotopic (exact) mass is 242 g/mol. The molecule has 0 fully saturated rings. The summed E-state index contributed by atoms with van der Waals surface area (Å²) in [6.45, 7) is 3.05. The minimum atomic E-state index is -0.173. The summed E-state index contributed by atoms with van der Waals surface area (Å²) >= 11 is 1.75. The summed E-state index contributed by atoms with van der Waals surface area (Å²) in [4.78, 5) is 3.27. The second-order valence-corrected chi connectivity index (χ2v) is 5.02. The van der Waals surface area contributed by atoms with E-state index in [-0.39, 0.29) is 5.82 Å². The zero-order valence-corrected chi connectivity index (χ0v) is 10.7. The molecule has 0 aliphatic carbocycles. The third-order valence-electron chi connectivity index (χ3n) is 2.10. The summed E-state index contributed by atoms with van der Waals surface area (Å²) in [5, 5.41) is 3.36. The zero-order chi connectivity index (χ0) is 11.8. The molecule has 0 bridgehead atoms. The number of nitrogens with zero attached hydrogens (tertiary/aromatic N) is 1. The second kappa shape index (κ2) is 7.65. The van der Waals surface area contributed by atoms with E-state index in [1.165, 1.54) is 12.1 Å². The van der Waals surface area contributed by atoms with Crippen LogP contribution in [0.3, 0.4) is 0 Å². The lowest BCUT2D eigenvalue weighted by molar-refractivity contribution is 0.403. The first-order valence-corrected chi connectivity index (χ1v) is 6.41. The quantitative estimate of drug-likeness (QED) is 0.582. The van der Waals surface area contributed by atoms with Crippen molar-refractivity contribution in [3.05, 3.63) is 30.1 Å². The Bertz CT molecular complexity index is 288. The van der Waals surface area contributed by atoms with Crippen molar-refractivity contribution >= 4 is 11.8 Å². The number of benzene rings is 1. The lowest BCUT2D eigenvalue weighted by Crippen LogP contribution is -2.27. The Morgan fingerprint density at radius 2 is 1.88 bits per heavy atom. The van der Waals surface area contributed by atoms with Crippen molar-refractivity contribution in [1.82, 2.24) is 10.2 Å². The third kappa shape index (κ3) is 6.10. The van der Waals surface area contributed by atoms with Crippen molar-refractivity contribution in [3.63, 3.8) is 0 Å². The van der Waals surface area contributed by atoms with Crippen LogP contribution in [0.1, 0.15) is 0 Å². The fourth-order valence-electron chi connectivity index (χ4n) is 1.20.